The molecule has 1 amide bonds. The van der Waals surface area contributed by atoms with Gasteiger partial charge in [0.25, 0.3) is 0 Å². The van der Waals surface area contributed by atoms with Crippen LogP contribution in [0.25, 0.3) is 5.69 Å². The Morgan fingerprint density at radius 3 is 2.52 bits per heavy atom. The van der Waals surface area contributed by atoms with E-state index in [1.165, 1.54) is 23.9 Å². The van der Waals surface area contributed by atoms with Crippen molar-refractivity contribution in [2.75, 3.05) is 6.54 Å². The van der Waals surface area contributed by atoms with Crippen LogP contribution < -0.4 is 5.32 Å². The zero-order valence-electron chi connectivity index (χ0n) is 18.2. The Balaban J connectivity index is 1.77. The Morgan fingerprint density at radius 1 is 1.15 bits per heavy atom. The van der Waals surface area contributed by atoms with Gasteiger partial charge in [-0.2, -0.15) is 13.2 Å². The third kappa shape index (κ3) is 7.23. The van der Waals surface area contributed by atoms with E-state index >= 15 is 0 Å². The fourth-order valence-electron chi connectivity index (χ4n) is 3.00. The summed E-state index contributed by atoms with van der Waals surface area (Å²) in [6.07, 6.45) is -3.73. The Bertz CT molecular complexity index is 1080. The molecule has 0 saturated carbocycles. The third-order valence-electron chi connectivity index (χ3n) is 4.70. The molecule has 0 aliphatic heterocycles. The van der Waals surface area contributed by atoms with E-state index in [0.717, 1.165) is 23.4 Å². The number of hydrogen-bond acceptors (Lipinski definition) is 4. The van der Waals surface area contributed by atoms with Gasteiger partial charge < -0.3 is 5.32 Å². The van der Waals surface area contributed by atoms with Gasteiger partial charge in [0.05, 0.1) is 11.3 Å². The van der Waals surface area contributed by atoms with Gasteiger partial charge in [0.1, 0.15) is 5.82 Å². The molecule has 3 rings (SSSR count). The second kappa shape index (κ2) is 11.1. The molecule has 176 valence electrons. The van der Waals surface area contributed by atoms with E-state index in [2.05, 4.69) is 15.5 Å². The summed E-state index contributed by atoms with van der Waals surface area (Å²) in [5.41, 5.74) is 0.791. The van der Waals surface area contributed by atoms with E-state index in [4.69, 9.17) is 11.6 Å². The largest absolute Gasteiger partial charge is 0.416 e. The van der Waals surface area contributed by atoms with E-state index in [-0.39, 0.29) is 12.3 Å². The molecule has 0 spiro atoms. The number of amides is 1. The molecule has 33 heavy (non-hydrogen) atoms. The molecule has 1 heterocycles. The molecule has 3 aromatic rings. The van der Waals surface area contributed by atoms with Crippen molar-refractivity contribution < 1.29 is 18.0 Å². The number of thioether (sulfide) groups is 1. The second-order valence-electron chi connectivity index (χ2n) is 7.90. The lowest BCUT2D eigenvalue weighted by atomic mass is 10.1. The van der Waals surface area contributed by atoms with Crippen LogP contribution in [0.3, 0.4) is 0 Å². The SMILES string of the molecule is CC(C)CNC(=O)CCc1nnc(SCc2ccc(C(F)(F)F)cc2)n1-c1cccc(Cl)c1. The average Bonchev–Trinajstić information content (AvgIpc) is 3.17. The molecule has 0 unspecified atom stereocenters. The molecule has 2 aromatic carbocycles. The molecule has 1 aromatic heterocycles. The van der Waals surface area contributed by atoms with Gasteiger partial charge in [-0.3, -0.25) is 9.36 Å². The highest BCUT2D eigenvalue weighted by molar-refractivity contribution is 7.98. The maximum absolute atomic E-state index is 12.8. The number of rotatable bonds is 9. The quantitative estimate of drug-likeness (QED) is 0.373. The molecule has 0 bridgehead atoms. The average molecular weight is 497 g/mol. The van der Waals surface area contributed by atoms with Crippen molar-refractivity contribution in [1.29, 1.82) is 0 Å². The number of aryl methyl sites for hydroxylation is 1. The number of benzene rings is 2. The fourth-order valence-corrected chi connectivity index (χ4v) is 4.11. The highest BCUT2D eigenvalue weighted by Crippen LogP contribution is 2.31. The van der Waals surface area contributed by atoms with Crippen LogP contribution in [0, 0.1) is 5.92 Å². The first-order valence-corrected chi connectivity index (χ1v) is 11.8. The highest BCUT2D eigenvalue weighted by atomic mass is 35.5. The van der Waals surface area contributed by atoms with Crippen molar-refractivity contribution in [3.05, 3.63) is 70.5 Å². The summed E-state index contributed by atoms with van der Waals surface area (Å²) in [5, 5.41) is 12.5. The minimum atomic E-state index is -4.37. The zero-order chi connectivity index (χ0) is 24.0. The van der Waals surface area contributed by atoms with Crippen molar-refractivity contribution in [1.82, 2.24) is 20.1 Å². The Hall–Kier alpha value is -2.52. The van der Waals surface area contributed by atoms with Gasteiger partial charge in [-0.05, 0) is 41.8 Å². The maximum atomic E-state index is 12.8. The van der Waals surface area contributed by atoms with E-state index in [9.17, 15) is 18.0 Å². The third-order valence-corrected chi connectivity index (χ3v) is 5.93. The lowest BCUT2D eigenvalue weighted by molar-refractivity contribution is -0.137. The maximum Gasteiger partial charge on any atom is 0.416 e. The van der Waals surface area contributed by atoms with Crippen LogP contribution in [0.4, 0.5) is 13.2 Å². The Morgan fingerprint density at radius 2 is 1.88 bits per heavy atom. The molecule has 5 nitrogen and oxygen atoms in total. The van der Waals surface area contributed by atoms with Gasteiger partial charge in [-0.25, -0.2) is 0 Å². The van der Waals surface area contributed by atoms with Gasteiger partial charge in [-0.15, -0.1) is 10.2 Å². The lowest BCUT2D eigenvalue weighted by Gasteiger charge is -2.12. The van der Waals surface area contributed by atoms with Crippen molar-refractivity contribution in [2.24, 2.45) is 5.92 Å². The van der Waals surface area contributed by atoms with Crippen LogP contribution in [0.1, 0.15) is 37.2 Å². The molecule has 10 heteroatoms. The summed E-state index contributed by atoms with van der Waals surface area (Å²) >= 11 is 7.52. The van der Waals surface area contributed by atoms with Crippen molar-refractivity contribution in [3.63, 3.8) is 0 Å². The van der Waals surface area contributed by atoms with Gasteiger partial charge in [-0.1, -0.05) is 55.4 Å². The number of nitrogens with zero attached hydrogens (tertiary/aromatic N) is 3. The summed E-state index contributed by atoms with van der Waals surface area (Å²) < 4.78 is 40.2. The number of carbonyl (C=O) groups excluding carboxylic acids is 1. The first-order valence-electron chi connectivity index (χ1n) is 10.4. The molecule has 1 N–H and O–H groups in total. The predicted molar refractivity (Wildman–Crippen MR) is 124 cm³/mol. The van der Waals surface area contributed by atoms with Crippen molar-refractivity contribution in [3.8, 4) is 5.69 Å². The molecule has 0 radical (unpaired) electrons. The van der Waals surface area contributed by atoms with E-state index < -0.39 is 11.7 Å². The lowest BCUT2D eigenvalue weighted by Crippen LogP contribution is -2.27. The molecule has 0 aliphatic rings. The van der Waals surface area contributed by atoms with E-state index in [1.807, 2.05) is 24.5 Å². The van der Waals surface area contributed by atoms with Crippen LogP contribution in [0.2, 0.25) is 5.02 Å². The van der Waals surface area contributed by atoms with Crippen LogP contribution in [0.5, 0.6) is 0 Å². The van der Waals surface area contributed by atoms with Gasteiger partial charge in [0.15, 0.2) is 5.16 Å². The monoisotopic (exact) mass is 496 g/mol. The predicted octanol–water partition coefficient (Wildman–Crippen LogP) is 5.94. The van der Waals surface area contributed by atoms with Crippen LogP contribution in [-0.2, 0) is 23.1 Å². The molecular formula is C23H24ClF3N4OS. The topological polar surface area (TPSA) is 59.8 Å². The number of aromatic nitrogens is 3. The fraction of sp³-hybridized carbons (Fsp3) is 0.348. The van der Waals surface area contributed by atoms with Gasteiger partial charge in [0, 0.05) is 30.2 Å². The Labute approximate surface area is 199 Å². The summed E-state index contributed by atoms with van der Waals surface area (Å²) in [5.74, 6) is 1.30. The Kier molecular flexibility index (Phi) is 8.42. The van der Waals surface area contributed by atoms with Gasteiger partial charge >= 0.3 is 6.18 Å². The molecule has 0 atom stereocenters. The van der Waals surface area contributed by atoms with Crippen LogP contribution in [0.15, 0.2) is 53.7 Å². The standard InChI is InChI=1S/C23H24ClF3N4OS/c1-15(2)13-28-21(32)11-10-20-29-30-22(31(20)19-5-3-4-18(24)12-19)33-14-16-6-8-17(9-7-16)23(25,26)27/h3-9,12,15H,10-11,13-14H2,1-2H3,(H,28,32). The first kappa shape index (κ1) is 25.1. The van der Waals surface area contributed by atoms with Crippen molar-refractivity contribution in [2.45, 2.75) is 43.8 Å². The molecule has 0 aliphatic carbocycles. The zero-order valence-corrected chi connectivity index (χ0v) is 19.8. The van der Waals surface area contributed by atoms with E-state index in [0.29, 0.717) is 40.6 Å². The summed E-state index contributed by atoms with van der Waals surface area (Å²) in [7, 11) is 0. The summed E-state index contributed by atoms with van der Waals surface area (Å²) in [6, 6.07) is 12.2. The number of nitrogens with one attached hydrogen (secondary N) is 1. The number of hydrogen-bond donors (Lipinski definition) is 1. The van der Waals surface area contributed by atoms with Crippen LogP contribution >= 0.6 is 23.4 Å². The summed E-state index contributed by atoms with van der Waals surface area (Å²) in [4.78, 5) is 12.2. The van der Waals surface area contributed by atoms with Crippen molar-refractivity contribution >= 4 is 29.3 Å². The summed E-state index contributed by atoms with van der Waals surface area (Å²) in [6.45, 7) is 4.65. The number of halogens is 4. The second-order valence-corrected chi connectivity index (χ2v) is 9.27. The molecule has 0 saturated heterocycles. The first-order chi connectivity index (χ1) is 15.6. The van der Waals surface area contributed by atoms with Crippen LogP contribution in [-0.4, -0.2) is 27.2 Å². The molecular weight excluding hydrogens is 473 g/mol. The normalized spacial score (nSPS) is 11.7. The smallest absolute Gasteiger partial charge is 0.356 e. The molecule has 0 fully saturated rings. The highest BCUT2D eigenvalue weighted by Gasteiger charge is 2.30. The van der Waals surface area contributed by atoms with Gasteiger partial charge in [0.2, 0.25) is 5.91 Å². The number of carbonyl (C=O) groups is 1. The minimum absolute atomic E-state index is 0.0664. The minimum Gasteiger partial charge on any atom is -0.356 e. The number of alkyl halides is 3. The van der Waals surface area contributed by atoms with E-state index in [1.54, 1.807) is 18.2 Å².